The van der Waals surface area contributed by atoms with Gasteiger partial charge in [0.2, 0.25) is 10.1 Å². The molecule has 1 aromatic rings. The van der Waals surface area contributed by atoms with Crippen LogP contribution in [0.2, 0.25) is 0 Å². The Kier molecular flexibility index (Phi) is 5.34. The summed E-state index contributed by atoms with van der Waals surface area (Å²) in [7, 11) is 0. The minimum Gasteiger partial charge on any atom is -0.360 e. The van der Waals surface area contributed by atoms with Crippen molar-refractivity contribution >= 4 is 22.4 Å². The third kappa shape index (κ3) is 3.69. The van der Waals surface area contributed by atoms with Crippen molar-refractivity contribution in [3.63, 3.8) is 0 Å². The molecule has 0 unspecified atom stereocenters. The monoisotopic (exact) mass is 296 g/mol. The van der Waals surface area contributed by atoms with Crippen LogP contribution in [0.5, 0.6) is 0 Å². The molecule has 1 heterocycles. The second kappa shape index (κ2) is 7.02. The Bertz CT molecular complexity index is 440. The zero-order valence-corrected chi connectivity index (χ0v) is 13.4. The van der Waals surface area contributed by atoms with Crippen LogP contribution >= 0.6 is 11.3 Å². The molecule has 0 bridgehead atoms. The van der Waals surface area contributed by atoms with Gasteiger partial charge in [0.05, 0.1) is 0 Å². The number of nitrogens with zero attached hydrogens (tertiary/aromatic N) is 3. The quantitative estimate of drug-likeness (QED) is 0.876. The molecular formula is C14H24N4OS. The summed E-state index contributed by atoms with van der Waals surface area (Å²) in [4.78, 5) is 14.7. The van der Waals surface area contributed by atoms with Gasteiger partial charge in [-0.2, -0.15) is 0 Å². The molecule has 1 N–H and O–H groups in total. The van der Waals surface area contributed by atoms with Crippen LogP contribution in [0.4, 0.5) is 5.13 Å². The molecule has 5 nitrogen and oxygen atoms in total. The average Bonchev–Trinajstić information content (AvgIpc) is 3.06. The summed E-state index contributed by atoms with van der Waals surface area (Å²) >= 11 is 1.36. The standard InChI is InChI=1S/C14H24N4OS/c1-4-15-14-17-16-12(20-14)13(19)18(9-10(2)3)11-7-5-6-8-11/h10-11H,4-9H2,1-3H3,(H,15,17). The maximum absolute atomic E-state index is 12.7. The van der Waals surface area contributed by atoms with Crippen LogP contribution in [-0.4, -0.2) is 40.1 Å². The number of rotatable bonds is 6. The van der Waals surface area contributed by atoms with Crippen LogP contribution < -0.4 is 5.32 Å². The van der Waals surface area contributed by atoms with Crippen molar-refractivity contribution in [2.75, 3.05) is 18.4 Å². The van der Waals surface area contributed by atoms with Gasteiger partial charge in [0.1, 0.15) is 0 Å². The minimum atomic E-state index is 0.0484. The van der Waals surface area contributed by atoms with Crippen LogP contribution in [-0.2, 0) is 0 Å². The van der Waals surface area contributed by atoms with Gasteiger partial charge >= 0.3 is 0 Å². The highest BCUT2D eigenvalue weighted by atomic mass is 32.1. The van der Waals surface area contributed by atoms with Crippen molar-refractivity contribution in [3.8, 4) is 0 Å². The third-order valence-electron chi connectivity index (χ3n) is 3.52. The molecule has 0 aliphatic heterocycles. The third-order valence-corrected chi connectivity index (χ3v) is 4.39. The number of amides is 1. The summed E-state index contributed by atoms with van der Waals surface area (Å²) in [6.07, 6.45) is 4.70. The maximum Gasteiger partial charge on any atom is 0.285 e. The van der Waals surface area contributed by atoms with Crippen LogP contribution in [0.15, 0.2) is 0 Å². The van der Waals surface area contributed by atoms with Gasteiger partial charge in [-0.3, -0.25) is 4.79 Å². The van der Waals surface area contributed by atoms with Crippen molar-refractivity contribution in [3.05, 3.63) is 5.01 Å². The first-order valence-corrected chi connectivity index (χ1v) is 8.31. The smallest absolute Gasteiger partial charge is 0.285 e. The number of aromatic nitrogens is 2. The van der Waals surface area contributed by atoms with Gasteiger partial charge in [0.15, 0.2) is 0 Å². The number of nitrogens with one attached hydrogen (secondary N) is 1. The van der Waals surface area contributed by atoms with E-state index in [1.165, 1.54) is 24.2 Å². The highest BCUT2D eigenvalue weighted by molar-refractivity contribution is 7.17. The number of hydrogen-bond donors (Lipinski definition) is 1. The van der Waals surface area contributed by atoms with Crippen molar-refractivity contribution in [1.29, 1.82) is 0 Å². The molecule has 2 rings (SSSR count). The van der Waals surface area contributed by atoms with Crippen molar-refractivity contribution in [2.45, 2.75) is 52.5 Å². The van der Waals surface area contributed by atoms with Crippen LogP contribution in [0.3, 0.4) is 0 Å². The molecule has 1 aliphatic rings. The first kappa shape index (κ1) is 15.2. The van der Waals surface area contributed by atoms with Gasteiger partial charge in [-0.15, -0.1) is 10.2 Å². The van der Waals surface area contributed by atoms with Crippen molar-refractivity contribution < 1.29 is 4.79 Å². The molecule has 0 atom stereocenters. The largest absolute Gasteiger partial charge is 0.360 e. The van der Waals surface area contributed by atoms with Crippen molar-refractivity contribution in [2.24, 2.45) is 5.92 Å². The van der Waals surface area contributed by atoms with Gasteiger partial charge in [-0.1, -0.05) is 38.0 Å². The van der Waals surface area contributed by atoms with Gasteiger partial charge < -0.3 is 10.2 Å². The second-order valence-electron chi connectivity index (χ2n) is 5.73. The topological polar surface area (TPSA) is 58.1 Å². The molecule has 20 heavy (non-hydrogen) atoms. The zero-order valence-electron chi connectivity index (χ0n) is 12.6. The van der Waals surface area contributed by atoms with Gasteiger partial charge in [0, 0.05) is 19.1 Å². The van der Waals surface area contributed by atoms with Gasteiger partial charge in [-0.05, 0) is 25.7 Å². The summed E-state index contributed by atoms with van der Waals surface area (Å²) in [5.74, 6) is 0.521. The average molecular weight is 296 g/mol. The molecule has 0 spiro atoms. The Labute approximate surface area is 124 Å². The van der Waals surface area contributed by atoms with E-state index in [2.05, 4.69) is 29.4 Å². The lowest BCUT2D eigenvalue weighted by Gasteiger charge is -2.29. The molecule has 0 radical (unpaired) electrons. The molecule has 0 saturated heterocycles. The first-order valence-electron chi connectivity index (χ1n) is 7.50. The molecule has 6 heteroatoms. The predicted octanol–water partition coefficient (Wildman–Crippen LogP) is 3.01. The van der Waals surface area contributed by atoms with Crippen molar-refractivity contribution in [1.82, 2.24) is 15.1 Å². The lowest BCUT2D eigenvalue weighted by atomic mass is 10.1. The fraction of sp³-hybridized carbons (Fsp3) is 0.786. The SMILES string of the molecule is CCNc1nnc(C(=O)N(CC(C)C)C2CCCC2)s1. The fourth-order valence-electron chi connectivity index (χ4n) is 2.66. The Morgan fingerprint density at radius 1 is 1.40 bits per heavy atom. The van der Waals surface area contributed by atoms with E-state index >= 15 is 0 Å². The predicted molar refractivity (Wildman–Crippen MR) is 82.2 cm³/mol. The molecule has 1 aliphatic carbocycles. The Balaban J connectivity index is 2.11. The van der Waals surface area contributed by atoms with E-state index in [9.17, 15) is 4.79 Å². The van der Waals surface area contributed by atoms with Gasteiger partial charge in [-0.25, -0.2) is 0 Å². The highest BCUT2D eigenvalue weighted by Gasteiger charge is 2.29. The van der Waals surface area contributed by atoms with E-state index < -0.39 is 0 Å². The Morgan fingerprint density at radius 3 is 2.70 bits per heavy atom. The molecule has 0 aromatic carbocycles. The van der Waals surface area contributed by atoms with Crippen LogP contribution in [0, 0.1) is 5.92 Å². The van der Waals surface area contributed by atoms with E-state index in [1.54, 1.807) is 0 Å². The van der Waals surface area contributed by atoms with E-state index in [0.717, 1.165) is 31.1 Å². The zero-order chi connectivity index (χ0) is 14.5. The summed E-state index contributed by atoms with van der Waals surface area (Å²) in [5.41, 5.74) is 0. The fourth-order valence-corrected chi connectivity index (χ4v) is 3.43. The summed E-state index contributed by atoms with van der Waals surface area (Å²) < 4.78 is 0. The molecule has 1 amide bonds. The van der Waals surface area contributed by atoms with E-state index in [1.807, 2.05) is 11.8 Å². The molecule has 1 fully saturated rings. The lowest BCUT2D eigenvalue weighted by molar-refractivity contribution is 0.0654. The Hall–Kier alpha value is -1.17. The van der Waals surface area contributed by atoms with E-state index in [4.69, 9.17) is 0 Å². The molecule has 112 valence electrons. The second-order valence-corrected chi connectivity index (χ2v) is 6.71. The van der Waals surface area contributed by atoms with E-state index in [0.29, 0.717) is 17.0 Å². The lowest BCUT2D eigenvalue weighted by Crippen LogP contribution is -2.41. The number of carbonyl (C=O) groups excluding carboxylic acids is 1. The number of anilines is 1. The Morgan fingerprint density at radius 2 is 2.10 bits per heavy atom. The number of hydrogen-bond acceptors (Lipinski definition) is 5. The van der Waals surface area contributed by atoms with Gasteiger partial charge in [0.25, 0.3) is 5.91 Å². The summed E-state index contributed by atoms with van der Waals surface area (Å²) in [5, 5.41) is 12.4. The minimum absolute atomic E-state index is 0.0484. The number of carbonyl (C=O) groups is 1. The highest BCUT2D eigenvalue weighted by Crippen LogP contribution is 2.27. The maximum atomic E-state index is 12.7. The molecule has 1 aromatic heterocycles. The van der Waals surface area contributed by atoms with Crippen LogP contribution in [0.25, 0.3) is 0 Å². The molecule has 1 saturated carbocycles. The van der Waals surface area contributed by atoms with Crippen LogP contribution in [0.1, 0.15) is 56.3 Å². The summed E-state index contributed by atoms with van der Waals surface area (Å²) in [6, 6.07) is 0.386. The first-order chi connectivity index (χ1) is 9.61. The summed E-state index contributed by atoms with van der Waals surface area (Å²) in [6.45, 7) is 7.91. The van der Waals surface area contributed by atoms with E-state index in [-0.39, 0.29) is 5.91 Å². The normalized spacial score (nSPS) is 15.8. The molecular weight excluding hydrogens is 272 g/mol.